The summed E-state index contributed by atoms with van der Waals surface area (Å²) in [6.07, 6.45) is 7.89. The lowest BCUT2D eigenvalue weighted by Gasteiger charge is -2.17. The van der Waals surface area contributed by atoms with Crippen molar-refractivity contribution in [2.75, 3.05) is 44.8 Å². The second-order valence-corrected chi connectivity index (χ2v) is 8.72. The number of hydrogen-bond acceptors (Lipinski definition) is 8. The maximum atomic E-state index is 6.16. The van der Waals surface area contributed by atoms with Crippen molar-refractivity contribution in [2.45, 2.75) is 38.9 Å². The largest absolute Gasteiger partial charge is 0.492 e. The third-order valence-electron chi connectivity index (χ3n) is 6.11. The van der Waals surface area contributed by atoms with Crippen molar-refractivity contribution in [3.05, 3.63) is 54.1 Å². The first-order valence-electron chi connectivity index (χ1n) is 12.1. The average molecular weight is 465 g/mol. The maximum Gasteiger partial charge on any atom is 0.227 e. The van der Waals surface area contributed by atoms with Crippen LogP contribution in [0.3, 0.4) is 0 Å². The lowest BCUT2D eigenvalue weighted by Crippen LogP contribution is -2.25. The van der Waals surface area contributed by atoms with Crippen LogP contribution in [-0.4, -0.2) is 54.3 Å². The minimum Gasteiger partial charge on any atom is -0.492 e. The SMILES string of the molecule is c1cc2nc(n1)Nc1ccc(OCCN3CCCC3)c(c1)COCCCCOCc1cc-2co1. The smallest absolute Gasteiger partial charge is 0.227 e. The molecule has 180 valence electrons. The zero-order valence-electron chi connectivity index (χ0n) is 19.5. The van der Waals surface area contributed by atoms with Gasteiger partial charge in [0.05, 0.1) is 12.3 Å². The summed E-state index contributed by atoms with van der Waals surface area (Å²) in [7, 11) is 0. The number of furan rings is 1. The number of nitrogens with one attached hydrogen (secondary N) is 1. The third-order valence-corrected chi connectivity index (χ3v) is 6.11. The van der Waals surface area contributed by atoms with Gasteiger partial charge in [0, 0.05) is 42.8 Å². The van der Waals surface area contributed by atoms with Crippen molar-refractivity contribution < 1.29 is 18.6 Å². The van der Waals surface area contributed by atoms with Crippen LogP contribution in [0.15, 0.2) is 47.2 Å². The molecule has 4 heterocycles. The Morgan fingerprint density at radius 3 is 2.71 bits per heavy atom. The van der Waals surface area contributed by atoms with Crippen LogP contribution >= 0.6 is 0 Å². The Bertz CT molecular complexity index is 1060. The van der Waals surface area contributed by atoms with Crippen LogP contribution in [0.5, 0.6) is 5.75 Å². The number of rotatable bonds is 4. The number of aromatic nitrogens is 2. The van der Waals surface area contributed by atoms with Gasteiger partial charge < -0.3 is 23.9 Å². The number of nitrogens with zero attached hydrogens (tertiary/aromatic N) is 3. The molecular weight excluding hydrogens is 432 g/mol. The first-order chi connectivity index (χ1) is 16.8. The van der Waals surface area contributed by atoms with Gasteiger partial charge in [0.15, 0.2) is 0 Å². The first-order valence-corrected chi connectivity index (χ1v) is 12.1. The molecule has 0 atom stereocenters. The van der Waals surface area contributed by atoms with Gasteiger partial charge in [-0.1, -0.05) is 0 Å². The van der Waals surface area contributed by atoms with E-state index in [-0.39, 0.29) is 0 Å². The second-order valence-electron chi connectivity index (χ2n) is 8.72. The summed E-state index contributed by atoms with van der Waals surface area (Å²) in [5.74, 6) is 2.17. The van der Waals surface area contributed by atoms with Crippen LogP contribution in [0.2, 0.25) is 0 Å². The Labute approximate surface area is 200 Å². The Morgan fingerprint density at radius 1 is 0.971 bits per heavy atom. The Kier molecular flexibility index (Phi) is 7.70. The molecule has 1 N–H and O–H groups in total. The lowest BCUT2D eigenvalue weighted by molar-refractivity contribution is 0.0820. The van der Waals surface area contributed by atoms with Gasteiger partial charge in [0.2, 0.25) is 5.95 Å². The number of fused-ring (bicyclic) bond motifs is 7. The molecule has 0 saturated carbocycles. The molecular formula is C26H32N4O4. The molecule has 8 nitrogen and oxygen atoms in total. The molecule has 6 bridgehead atoms. The standard InChI is InChI=1S/C26H32N4O4/c1-2-10-30(9-1)11-14-33-25-6-5-22-15-21(25)17-31-12-3-4-13-32-19-23-16-20(18-34-23)24-7-8-27-26(28-22)29-24/h5-8,15-16,18H,1-4,9-14,17,19H2,(H,27,28,29). The average Bonchev–Trinajstić information content (AvgIpc) is 3.54. The van der Waals surface area contributed by atoms with E-state index >= 15 is 0 Å². The molecule has 5 rings (SSSR count). The van der Waals surface area contributed by atoms with Crippen molar-refractivity contribution >= 4 is 11.6 Å². The van der Waals surface area contributed by atoms with Crippen molar-refractivity contribution in [2.24, 2.45) is 0 Å². The number of ether oxygens (including phenoxy) is 3. The van der Waals surface area contributed by atoms with E-state index in [1.807, 2.05) is 24.3 Å². The van der Waals surface area contributed by atoms with Crippen molar-refractivity contribution in [3.63, 3.8) is 0 Å². The van der Waals surface area contributed by atoms with Gasteiger partial charge >= 0.3 is 0 Å². The molecule has 2 aliphatic heterocycles. The molecule has 0 spiro atoms. The summed E-state index contributed by atoms with van der Waals surface area (Å²) >= 11 is 0. The third kappa shape index (κ3) is 6.14. The number of likely N-dealkylation sites (tertiary alicyclic amines) is 1. The first kappa shape index (κ1) is 22.8. The highest BCUT2D eigenvalue weighted by molar-refractivity contribution is 5.62. The van der Waals surface area contributed by atoms with Gasteiger partial charge in [-0.25, -0.2) is 9.97 Å². The number of benzene rings is 1. The van der Waals surface area contributed by atoms with Gasteiger partial charge in [0.25, 0.3) is 0 Å². The predicted octanol–water partition coefficient (Wildman–Crippen LogP) is 4.78. The molecule has 0 amide bonds. The summed E-state index contributed by atoms with van der Waals surface area (Å²) in [5, 5.41) is 3.32. The topological polar surface area (TPSA) is 81.9 Å². The zero-order valence-corrected chi connectivity index (χ0v) is 19.5. The molecule has 0 unspecified atom stereocenters. The van der Waals surface area contributed by atoms with Crippen LogP contribution in [-0.2, 0) is 22.7 Å². The van der Waals surface area contributed by atoms with E-state index in [0.717, 1.165) is 53.4 Å². The zero-order chi connectivity index (χ0) is 23.0. The molecule has 34 heavy (non-hydrogen) atoms. The van der Waals surface area contributed by atoms with Gasteiger partial charge in [-0.05, 0) is 69.1 Å². The predicted molar refractivity (Wildman–Crippen MR) is 129 cm³/mol. The highest BCUT2D eigenvalue weighted by Crippen LogP contribution is 2.27. The van der Waals surface area contributed by atoms with E-state index in [2.05, 4.69) is 26.3 Å². The van der Waals surface area contributed by atoms with E-state index in [1.165, 1.54) is 25.9 Å². The summed E-state index contributed by atoms with van der Waals surface area (Å²) in [4.78, 5) is 11.5. The Balaban J connectivity index is 1.33. The van der Waals surface area contributed by atoms with Crippen LogP contribution in [0, 0.1) is 0 Å². The van der Waals surface area contributed by atoms with Gasteiger partial charge in [0.1, 0.15) is 31.0 Å². The summed E-state index contributed by atoms with van der Waals surface area (Å²) in [6, 6.07) is 9.89. The van der Waals surface area contributed by atoms with Gasteiger partial charge in [-0.15, -0.1) is 0 Å². The molecule has 0 aliphatic carbocycles. The Hall–Kier alpha value is -2.94. The number of hydrogen-bond donors (Lipinski definition) is 1. The lowest BCUT2D eigenvalue weighted by atomic mass is 10.2. The Morgan fingerprint density at radius 2 is 1.82 bits per heavy atom. The fraction of sp³-hybridized carbons (Fsp3) is 0.462. The van der Waals surface area contributed by atoms with E-state index in [1.54, 1.807) is 12.5 Å². The second kappa shape index (κ2) is 11.5. The van der Waals surface area contributed by atoms with Crippen molar-refractivity contribution in [3.8, 4) is 17.0 Å². The summed E-state index contributed by atoms with van der Waals surface area (Å²) in [6.45, 7) is 6.25. The molecule has 2 aromatic heterocycles. The maximum absolute atomic E-state index is 6.16. The van der Waals surface area contributed by atoms with E-state index < -0.39 is 0 Å². The minimum atomic E-state index is 0.444. The molecule has 1 fully saturated rings. The molecule has 1 aromatic carbocycles. The van der Waals surface area contributed by atoms with Crippen molar-refractivity contribution in [1.82, 2.24) is 14.9 Å². The molecule has 8 heteroatoms. The van der Waals surface area contributed by atoms with E-state index in [9.17, 15) is 0 Å². The molecule has 1 saturated heterocycles. The quantitative estimate of drug-likeness (QED) is 0.591. The highest BCUT2D eigenvalue weighted by atomic mass is 16.5. The normalized spacial score (nSPS) is 17.5. The van der Waals surface area contributed by atoms with Crippen molar-refractivity contribution in [1.29, 1.82) is 0 Å². The minimum absolute atomic E-state index is 0.444. The fourth-order valence-electron chi connectivity index (χ4n) is 4.26. The van der Waals surface area contributed by atoms with Gasteiger partial charge in [-0.2, -0.15) is 0 Å². The number of anilines is 2. The van der Waals surface area contributed by atoms with Gasteiger partial charge in [-0.3, -0.25) is 4.90 Å². The fourth-order valence-corrected chi connectivity index (χ4v) is 4.26. The summed E-state index contributed by atoms with van der Waals surface area (Å²) < 4.78 is 23.5. The van der Waals surface area contributed by atoms with E-state index in [4.69, 9.17) is 18.6 Å². The van der Waals surface area contributed by atoms with Crippen LogP contribution < -0.4 is 10.1 Å². The molecule has 3 aromatic rings. The summed E-state index contributed by atoms with van der Waals surface area (Å²) in [5.41, 5.74) is 3.60. The van der Waals surface area contributed by atoms with Crippen LogP contribution in [0.4, 0.5) is 11.6 Å². The molecule has 2 aliphatic rings. The van der Waals surface area contributed by atoms with E-state index in [0.29, 0.717) is 39.0 Å². The van der Waals surface area contributed by atoms with Crippen LogP contribution in [0.1, 0.15) is 37.0 Å². The monoisotopic (exact) mass is 464 g/mol. The van der Waals surface area contributed by atoms with Crippen LogP contribution in [0.25, 0.3) is 11.3 Å². The highest BCUT2D eigenvalue weighted by Gasteiger charge is 2.13. The molecule has 0 radical (unpaired) electrons.